The van der Waals surface area contributed by atoms with Crippen molar-refractivity contribution in [1.29, 1.82) is 0 Å². The third kappa shape index (κ3) is 4.30. The molecule has 0 radical (unpaired) electrons. The highest BCUT2D eigenvalue weighted by Gasteiger charge is 2.14. The molecule has 0 aliphatic carbocycles. The number of anilines is 1. The third-order valence-electron chi connectivity index (χ3n) is 3.13. The fraction of sp³-hybridized carbons (Fsp3) is 0.118. The summed E-state index contributed by atoms with van der Waals surface area (Å²) in [5.74, 6) is -0.478. The standard InChI is InChI=1S/C17H16N2O4S/c1-22-14-10-12(8-9-13(14)16(21)23-2)18-17(24)19-15(20)11-6-4-3-5-7-11/h3-10H,1-2H3,(H2,18,19,20,24). The molecule has 0 aliphatic rings. The van der Waals surface area contributed by atoms with E-state index in [1.807, 2.05) is 6.07 Å². The van der Waals surface area contributed by atoms with E-state index < -0.39 is 5.97 Å². The van der Waals surface area contributed by atoms with Gasteiger partial charge in [0.05, 0.1) is 14.2 Å². The van der Waals surface area contributed by atoms with E-state index in [9.17, 15) is 9.59 Å². The van der Waals surface area contributed by atoms with Gasteiger partial charge in [0.15, 0.2) is 5.11 Å². The quantitative estimate of drug-likeness (QED) is 0.656. The summed E-state index contributed by atoms with van der Waals surface area (Å²) in [6.45, 7) is 0. The predicted octanol–water partition coefficient (Wildman–Crippen LogP) is 2.61. The molecule has 0 aromatic heterocycles. The van der Waals surface area contributed by atoms with Crippen LogP contribution in [0.4, 0.5) is 5.69 Å². The Morgan fingerprint density at radius 2 is 1.75 bits per heavy atom. The van der Waals surface area contributed by atoms with Crippen LogP contribution in [0.5, 0.6) is 5.75 Å². The van der Waals surface area contributed by atoms with Crippen molar-refractivity contribution < 1.29 is 19.1 Å². The summed E-state index contributed by atoms with van der Waals surface area (Å²) in [5.41, 5.74) is 1.36. The largest absolute Gasteiger partial charge is 0.496 e. The highest BCUT2D eigenvalue weighted by atomic mass is 32.1. The zero-order valence-electron chi connectivity index (χ0n) is 13.2. The lowest BCUT2D eigenvalue weighted by Crippen LogP contribution is -2.34. The second-order valence-electron chi connectivity index (χ2n) is 4.68. The maximum absolute atomic E-state index is 12.0. The van der Waals surface area contributed by atoms with Crippen LogP contribution in [0.3, 0.4) is 0 Å². The first kappa shape index (κ1) is 17.4. The number of ether oxygens (including phenoxy) is 2. The maximum atomic E-state index is 12.0. The van der Waals surface area contributed by atoms with Crippen LogP contribution >= 0.6 is 12.2 Å². The minimum Gasteiger partial charge on any atom is -0.496 e. The van der Waals surface area contributed by atoms with E-state index in [0.717, 1.165) is 0 Å². The Labute approximate surface area is 144 Å². The Hall–Kier alpha value is -2.93. The molecule has 0 heterocycles. The molecule has 2 aromatic carbocycles. The van der Waals surface area contributed by atoms with Crippen molar-refractivity contribution in [3.05, 3.63) is 59.7 Å². The van der Waals surface area contributed by atoms with Crippen LogP contribution in [-0.2, 0) is 4.74 Å². The molecule has 1 amide bonds. The number of esters is 1. The number of thiocarbonyl (C=S) groups is 1. The van der Waals surface area contributed by atoms with Gasteiger partial charge in [0.2, 0.25) is 0 Å². The van der Waals surface area contributed by atoms with Crippen LogP contribution in [0.1, 0.15) is 20.7 Å². The number of rotatable bonds is 4. The van der Waals surface area contributed by atoms with Crippen LogP contribution in [0.2, 0.25) is 0 Å². The zero-order valence-corrected chi connectivity index (χ0v) is 14.0. The molecule has 6 nitrogen and oxygen atoms in total. The van der Waals surface area contributed by atoms with Crippen molar-refractivity contribution in [3.63, 3.8) is 0 Å². The minimum absolute atomic E-state index is 0.136. The van der Waals surface area contributed by atoms with E-state index in [4.69, 9.17) is 17.0 Å². The maximum Gasteiger partial charge on any atom is 0.341 e. The summed E-state index contributed by atoms with van der Waals surface area (Å²) < 4.78 is 9.85. The van der Waals surface area contributed by atoms with Crippen LogP contribution in [-0.4, -0.2) is 31.2 Å². The number of hydrogen-bond acceptors (Lipinski definition) is 5. The van der Waals surface area contributed by atoms with Gasteiger partial charge < -0.3 is 14.8 Å². The molecule has 0 saturated carbocycles. The molecule has 2 N–H and O–H groups in total. The molecular formula is C17H16N2O4S. The molecule has 0 fully saturated rings. The van der Waals surface area contributed by atoms with Crippen molar-refractivity contribution in [2.45, 2.75) is 0 Å². The fourth-order valence-electron chi connectivity index (χ4n) is 1.97. The number of carbonyl (C=O) groups excluding carboxylic acids is 2. The smallest absolute Gasteiger partial charge is 0.341 e. The summed E-state index contributed by atoms with van der Waals surface area (Å²) in [6, 6.07) is 13.5. The highest BCUT2D eigenvalue weighted by Crippen LogP contribution is 2.23. The van der Waals surface area contributed by atoms with Crippen molar-refractivity contribution in [3.8, 4) is 5.75 Å². The molecule has 24 heavy (non-hydrogen) atoms. The van der Waals surface area contributed by atoms with Crippen LogP contribution in [0.15, 0.2) is 48.5 Å². The van der Waals surface area contributed by atoms with Gasteiger partial charge in [0.1, 0.15) is 11.3 Å². The first-order chi connectivity index (χ1) is 11.5. The number of nitrogens with one attached hydrogen (secondary N) is 2. The van der Waals surface area contributed by atoms with E-state index in [1.54, 1.807) is 42.5 Å². The molecule has 0 saturated heterocycles. The molecular weight excluding hydrogens is 328 g/mol. The molecule has 0 bridgehead atoms. The lowest BCUT2D eigenvalue weighted by atomic mass is 10.2. The number of hydrogen-bond donors (Lipinski definition) is 2. The number of benzene rings is 2. The molecule has 2 rings (SSSR count). The second-order valence-corrected chi connectivity index (χ2v) is 5.09. The number of methoxy groups -OCH3 is 2. The van der Waals surface area contributed by atoms with Crippen molar-refractivity contribution in [2.24, 2.45) is 0 Å². The summed E-state index contributed by atoms with van der Waals surface area (Å²) in [4.78, 5) is 23.6. The fourth-order valence-corrected chi connectivity index (χ4v) is 2.19. The van der Waals surface area contributed by atoms with Crippen LogP contribution in [0, 0.1) is 0 Å². The monoisotopic (exact) mass is 344 g/mol. The SMILES string of the molecule is COC(=O)c1ccc(NC(=S)NC(=O)c2ccccc2)cc1OC. The van der Waals surface area contributed by atoms with Gasteiger partial charge in [-0.25, -0.2) is 4.79 Å². The van der Waals surface area contributed by atoms with E-state index in [0.29, 0.717) is 22.6 Å². The normalized spacial score (nSPS) is 9.75. The van der Waals surface area contributed by atoms with Crippen molar-refractivity contribution in [2.75, 3.05) is 19.5 Å². The first-order valence-corrected chi connectivity index (χ1v) is 7.39. The van der Waals surface area contributed by atoms with Crippen molar-refractivity contribution in [1.82, 2.24) is 5.32 Å². The predicted molar refractivity (Wildman–Crippen MR) is 94.5 cm³/mol. The van der Waals surface area contributed by atoms with E-state index in [-0.39, 0.29) is 11.0 Å². The summed E-state index contributed by atoms with van der Waals surface area (Å²) in [7, 11) is 2.74. The Balaban J connectivity index is 2.06. The number of carbonyl (C=O) groups is 2. The molecule has 0 spiro atoms. The second kappa shape index (κ2) is 8.07. The average Bonchev–Trinajstić information content (AvgIpc) is 2.61. The molecule has 7 heteroatoms. The summed E-state index contributed by atoms with van der Waals surface area (Å²) in [5, 5.41) is 5.58. The van der Waals surface area contributed by atoms with Gasteiger partial charge in [-0.1, -0.05) is 18.2 Å². The Kier molecular flexibility index (Phi) is 5.86. The van der Waals surface area contributed by atoms with Gasteiger partial charge in [0.25, 0.3) is 5.91 Å². The van der Waals surface area contributed by atoms with Gasteiger partial charge in [-0.15, -0.1) is 0 Å². The Bertz CT molecular complexity index is 762. The van der Waals surface area contributed by atoms with Crippen LogP contribution < -0.4 is 15.4 Å². The molecule has 0 atom stereocenters. The Morgan fingerprint density at radius 3 is 2.38 bits per heavy atom. The van der Waals surface area contributed by atoms with Gasteiger partial charge in [-0.3, -0.25) is 10.1 Å². The van der Waals surface area contributed by atoms with E-state index in [2.05, 4.69) is 15.4 Å². The van der Waals surface area contributed by atoms with Gasteiger partial charge >= 0.3 is 5.97 Å². The minimum atomic E-state index is -0.502. The van der Waals surface area contributed by atoms with Gasteiger partial charge in [0, 0.05) is 17.3 Å². The molecule has 2 aromatic rings. The first-order valence-electron chi connectivity index (χ1n) is 6.99. The van der Waals surface area contributed by atoms with Gasteiger partial charge in [-0.05, 0) is 36.5 Å². The van der Waals surface area contributed by atoms with Gasteiger partial charge in [-0.2, -0.15) is 0 Å². The average molecular weight is 344 g/mol. The topological polar surface area (TPSA) is 76.7 Å². The highest BCUT2D eigenvalue weighted by molar-refractivity contribution is 7.80. The lowest BCUT2D eigenvalue weighted by molar-refractivity contribution is 0.0597. The number of amides is 1. The summed E-state index contributed by atoms with van der Waals surface area (Å²) >= 11 is 5.12. The van der Waals surface area contributed by atoms with Crippen molar-refractivity contribution >= 4 is 34.9 Å². The summed E-state index contributed by atoms with van der Waals surface area (Å²) in [6.07, 6.45) is 0. The Morgan fingerprint density at radius 1 is 1.04 bits per heavy atom. The van der Waals surface area contributed by atoms with E-state index in [1.165, 1.54) is 14.2 Å². The zero-order chi connectivity index (χ0) is 17.5. The molecule has 0 unspecified atom stereocenters. The third-order valence-corrected chi connectivity index (χ3v) is 3.33. The molecule has 0 aliphatic heterocycles. The van der Waals surface area contributed by atoms with E-state index >= 15 is 0 Å². The molecule has 124 valence electrons. The van der Waals surface area contributed by atoms with Crippen LogP contribution in [0.25, 0.3) is 0 Å². The lowest BCUT2D eigenvalue weighted by Gasteiger charge is -2.12.